The van der Waals surface area contributed by atoms with Crippen LogP contribution in [-0.4, -0.2) is 42.7 Å². The lowest BCUT2D eigenvalue weighted by Gasteiger charge is -2.32. The fourth-order valence-corrected chi connectivity index (χ4v) is 3.41. The predicted molar refractivity (Wildman–Crippen MR) is 98.8 cm³/mol. The van der Waals surface area contributed by atoms with Crippen LogP contribution in [0.3, 0.4) is 0 Å². The Balaban J connectivity index is 1.57. The van der Waals surface area contributed by atoms with E-state index in [9.17, 15) is 14.5 Å². The molecule has 146 valence electrons. The van der Waals surface area contributed by atoms with Crippen molar-refractivity contribution in [2.75, 3.05) is 32.9 Å². The number of benzene rings is 2. The van der Waals surface area contributed by atoms with Gasteiger partial charge in [-0.1, -0.05) is 0 Å². The van der Waals surface area contributed by atoms with Crippen LogP contribution in [0.1, 0.15) is 11.6 Å². The Morgan fingerprint density at radius 1 is 1.21 bits per heavy atom. The second-order valence-corrected chi connectivity index (χ2v) is 6.50. The van der Waals surface area contributed by atoms with Crippen molar-refractivity contribution < 1.29 is 23.5 Å². The van der Waals surface area contributed by atoms with Crippen molar-refractivity contribution >= 4 is 5.69 Å². The van der Waals surface area contributed by atoms with Crippen molar-refractivity contribution in [2.45, 2.75) is 6.04 Å². The van der Waals surface area contributed by atoms with Gasteiger partial charge in [0.05, 0.1) is 24.2 Å². The van der Waals surface area contributed by atoms with Gasteiger partial charge in [-0.15, -0.1) is 0 Å². The molecule has 1 unspecified atom stereocenters. The van der Waals surface area contributed by atoms with E-state index in [1.54, 1.807) is 24.3 Å². The van der Waals surface area contributed by atoms with E-state index in [1.807, 2.05) is 6.08 Å². The third-order valence-electron chi connectivity index (χ3n) is 4.76. The lowest BCUT2D eigenvalue weighted by Crippen LogP contribution is -2.39. The topological polar surface area (TPSA) is 74.1 Å². The first-order valence-electron chi connectivity index (χ1n) is 8.98. The summed E-state index contributed by atoms with van der Waals surface area (Å²) in [6.07, 6.45) is 1.81. The second-order valence-electron chi connectivity index (χ2n) is 6.50. The summed E-state index contributed by atoms with van der Waals surface area (Å²) in [4.78, 5) is 13.0. The molecular weight excluding hydrogens is 367 g/mol. The summed E-state index contributed by atoms with van der Waals surface area (Å²) in [6.45, 7) is 2.83. The smallest absolute Gasteiger partial charge is 0.270 e. The molecule has 8 heteroatoms. The second kappa shape index (κ2) is 7.95. The van der Waals surface area contributed by atoms with Gasteiger partial charge >= 0.3 is 0 Å². The molecule has 0 spiro atoms. The molecule has 28 heavy (non-hydrogen) atoms. The Hall–Kier alpha value is -2.97. The maximum absolute atomic E-state index is 13.0. The van der Waals surface area contributed by atoms with Crippen molar-refractivity contribution in [3.05, 3.63) is 75.8 Å². The van der Waals surface area contributed by atoms with Gasteiger partial charge in [0.1, 0.15) is 29.7 Å². The van der Waals surface area contributed by atoms with Crippen LogP contribution in [-0.2, 0) is 4.74 Å². The number of halogens is 1. The number of hydrogen-bond donors (Lipinski definition) is 0. The highest BCUT2D eigenvalue weighted by Gasteiger charge is 2.36. The summed E-state index contributed by atoms with van der Waals surface area (Å²) in [5.74, 6) is 1.50. The number of non-ortho nitro benzene ring substituents is 1. The maximum atomic E-state index is 13.0. The zero-order chi connectivity index (χ0) is 19.5. The van der Waals surface area contributed by atoms with Crippen LogP contribution in [0.4, 0.5) is 10.1 Å². The van der Waals surface area contributed by atoms with Crippen LogP contribution in [0.2, 0.25) is 0 Å². The summed E-state index contributed by atoms with van der Waals surface area (Å²) in [6, 6.07) is 10.2. The molecule has 0 N–H and O–H groups in total. The van der Waals surface area contributed by atoms with Gasteiger partial charge in [-0.2, -0.15) is 0 Å². The van der Waals surface area contributed by atoms with E-state index < -0.39 is 4.92 Å². The Morgan fingerprint density at radius 2 is 1.96 bits per heavy atom. The Kier molecular flexibility index (Phi) is 5.23. The van der Waals surface area contributed by atoms with Crippen LogP contribution < -0.4 is 9.47 Å². The molecule has 4 rings (SSSR count). The van der Waals surface area contributed by atoms with Crippen molar-refractivity contribution in [3.63, 3.8) is 0 Å². The number of morpholine rings is 1. The normalized spacial score (nSPS) is 20.6. The molecule has 2 aromatic rings. The Labute approximate surface area is 161 Å². The highest BCUT2D eigenvalue weighted by Crippen LogP contribution is 2.44. The summed E-state index contributed by atoms with van der Waals surface area (Å²) in [5, 5.41) is 11.2. The summed E-state index contributed by atoms with van der Waals surface area (Å²) in [7, 11) is 0. The molecule has 1 fully saturated rings. The number of nitro benzene ring substituents is 1. The van der Waals surface area contributed by atoms with E-state index in [1.165, 1.54) is 18.2 Å². The average Bonchev–Trinajstić information content (AvgIpc) is 3.07. The number of ether oxygens (including phenoxy) is 3. The first-order valence-corrected chi connectivity index (χ1v) is 8.98. The van der Waals surface area contributed by atoms with E-state index in [2.05, 4.69) is 4.90 Å². The molecule has 2 heterocycles. The molecule has 0 radical (unpaired) electrons. The number of nitrogens with zero attached hydrogens (tertiary/aromatic N) is 2. The highest BCUT2D eigenvalue weighted by molar-refractivity contribution is 5.51. The fourth-order valence-electron chi connectivity index (χ4n) is 3.41. The molecule has 1 atom stereocenters. The Bertz CT molecular complexity index is 894. The molecule has 2 aromatic carbocycles. The Morgan fingerprint density at radius 3 is 2.68 bits per heavy atom. The molecule has 0 aromatic heterocycles. The van der Waals surface area contributed by atoms with E-state index in [4.69, 9.17) is 14.2 Å². The largest absolute Gasteiger partial charge is 0.489 e. The third kappa shape index (κ3) is 3.83. The van der Waals surface area contributed by atoms with Gasteiger partial charge in [-0.3, -0.25) is 15.0 Å². The minimum absolute atomic E-state index is 0.0319. The first kappa shape index (κ1) is 18.4. The van der Waals surface area contributed by atoms with Crippen LogP contribution in [0.25, 0.3) is 0 Å². The number of hydrogen-bond acceptors (Lipinski definition) is 6. The number of rotatable bonds is 5. The monoisotopic (exact) mass is 386 g/mol. The minimum atomic E-state index is -0.407. The van der Waals surface area contributed by atoms with E-state index >= 15 is 0 Å². The molecule has 0 saturated carbocycles. The molecule has 2 aliphatic heterocycles. The fraction of sp³-hybridized carbons (Fsp3) is 0.300. The number of nitro groups is 1. The SMILES string of the molecule is O=[N+]([O-])c1ccc2c(c1)C(N1CCOCC1)/C(=C/COc1ccc(F)cc1)O2. The van der Waals surface area contributed by atoms with E-state index in [0.29, 0.717) is 43.6 Å². The van der Waals surface area contributed by atoms with Crippen LogP contribution in [0, 0.1) is 15.9 Å². The van der Waals surface area contributed by atoms with Crippen molar-refractivity contribution in [2.24, 2.45) is 0 Å². The summed E-state index contributed by atoms with van der Waals surface area (Å²) >= 11 is 0. The third-order valence-corrected chi connectivity index (χ3v) is 4.76. The standard InChI is InChI=1S/C20H19FN2O5/c21-14-1-4-16(5-2-14)27-10-7-19-20(22-8-11-26-12-9-22)17-13-15(23(24)25)3-6-18(17)28-19/h1-7,13,20H,8-12H2/b19-7-. The van der Waals surface area contributed by atoms with Gasteiger partial charge in [-0.05, 0) is 36.4 Å². The van der Waals surface area contributed by atoms with Gasteiger partial charge in [0, 0.05) is 30.8 Å². The van der Waals surface area contributed by atoms with Crippen molar-refractivity contribution in [1.82, 2.24) is 4.90 Å². The lowest BCUT2D eigenvalue weighted by molar-refractivity contribution is -0.384. The average molecular weight is 386 g/mol. The van der Waals surface area contributed by atoms with Crippen molar-refractivity contribution in [1.29, 1.82) is 0 Å². The predicted octanol–water partition coefficient (Wildman–Crippen LogP) is 3.46. The quantitative estimate of drug-likeness (QED) is 0.579. The molecule has 0 bridgehead atoms. The first-order chi connectivity index (χ1) is 13.6. The van der Waals surface area contributed by atoms with Gasteiger partial charge in [-0.25, -0.2) is 4.39 Å². The van der Waals surface area contributed by atoms with Gasteiger partial charge in [0.15, 0.2) is 0 Å². The van der Waals surface area contributed by atoms with Crippen molar-refractivity contribution in [3.8, 4) is 11.5 Å². The van der Waals surface area contributed by atoms with Gasteiger partial charge in [0.2, 0.25) is 0 Å². The zero-order valence-electron chi connectivity index (χ0n) is 15.0. The van der Waals surface area contributed by atoms with Crippen LogP contribution >= 0.6 is 0 Å². The molecule has 0 aliphatic carbocycles. The lowest BCUT2D eigenvalue weighted by atomic mass is 10.0. The molecule has 2 aliphatic rings. The number of fused-ring (bicyclic) bond motifs is 1. The highest BCUT2D eigenvalue weighted by atomic mass is 19.1. The molecular formula is C20H19FN2O5. The summed E-state index contributed by atoms with van der Waals surface area (Å²) < 4.78 is 30.1. The van der Waals surface area contributed by atoms with Gasteiger partial charge in [0.25, 0.3) is 5.69 Å². The van der Waals surface area contributed by atoms with E-state index in [-0.39, 0.29) is 24.2 Å². The van der Waals surface area contributed by atoms with Crippen LogP contribution in [0.15, 0.2) is 54.3 Å². The molecule has 1 saturated heterocycles. The molecule has 7 nitrogen and oxygen atoms in total. The van der Waals surface area contributed by atoms with Gasteiger partial charge < -0.3 is 14.2 Å². The van der Waals surface area contributed by atoms with E-state index in [0.717, 1.165) is 5.56 Å². The zero-order valence-corrected chi connectivity index (χ0v) is 15.0. The summed E-state index contributed by atoms with van der Waals surface area (Å²) in [5.41, 5.74) is 0.800. The minimum Gasteiger partial charge on any atom is -0.489 e. The van der Waals surface area contributed by atoms with Crippen LogP contribution in [0.5, 0.6) is 11.5 Å². The molecule has 0 amide bonds. The maximum Gasteiger partial charge on any atom is 0.270 e.